The SMILES string of the molecule is O=C(NO)c1cccc2c1CC1(CCN(Cc3cccc(C(F)(F)F)n3)C1=O)C2. The molecule has 1 atom stereocenters. The summed E-state index contributed by atoms with van der Waals surface area (Å²) in [6.45, 7) is 0.414. The molecule has 1 spiro atoms. The summed E-state index contributed by atoms with van der Waals surface area (Å²) >= 11 is 0. The van der Waals surface area contributed by atoms with E-state index in [0.29, 0.717) is 31.4 Å². The number of carbonyl (C=O) groups is 2. The van der Waals surface area contributed by atoms with Gasteiger partial charge in [0, 0.05) is 12.1 Å². The lowest BCUT2D eigenvalue weighted by Crippen LogP contribution is -2.35. The van der Waals surface area contributed by atoms with Gasteiger partial charge in [-0.1, -0.05) is 18.2 Å². The van der Waals surface area contributed by atoms with Crippen LogP contribution in [0.1, 0.15) is 39.3 Å². The molecule has 1 saturated heterocycles. The molecule has 29 heavy (non-hydrogen) atoms. The molecule has 1 aliphatic heterocycles. The molecule has 6 nitrogen and oxygen atoms in total. The number of likely N-dealkylation sites (tertiary alicyclic amines) is 1. The predicted octanol–water partition coefficient (Wildman–Crippen LogP) is 2.74. The Labute approximate surface area is 164 Å². The van der Waals surface area contributed by atoms with Crippen LogP contribution in [0.2, 0.25) is 0 Å². The molecule has 0 saturated carbocycles. The van der Waals surface area contributed by atoms with Gasteiger partial charge in [0.05, 0.1) is 17.7 Å². The number of halogens is 3. The highest BCUT2D eigenvalue weighted by Gasteiger charge is 2.50. The van der Waals surface area contributed by atoms with Crippen molar-refractivity contribution in [2.45, 2.75) is 32.0 Å². The van der Waals surface area contributed by atoms with E-state index < -0.39 is 23.2 Å². The normalized spacial score (nSPS) is 21.0. The number of amides is 2. The predicted molar refractivity (Wildman–Crippen MR) is 94.8 cm³/mol. The van der Waals surface area contributed by atoms with Gasteiger partial charge in [-0.25, -0.2) is 10.5 Å². The van der Waals surface area contributed by atoms with Crippen molar-refractivity contribution in [3.05, 3.63) is 64.5 Å². The first-order valence-electron chi connectivity index (χ1n) is 9.11. The van der Waals surface area contributed by atoms with Gasteiger partial charge in [-0.15, -0.1) is 0 Å². The topological polar surface area (TPSA) is 82.5 Å². The van der Waals surface area contributed by atoms with E-state index >= 15 is 0 Å². The van der Waals surface area contributed by atoms with Crippen molar-refractivity contribution >= 4 is 11.8 Å². The maximum Gasteiger partial charge on any atom is 0.433 e. The van der Waals surface area contributed by atoms with Gasteiger partial charge in [-0.05, 0) is 48.6 Å². The van der Waals surface area contributed by atoms with Crippen LogP contribution in [0.5, 0.6) is 0 Å². The number of hydrogen-bond acceptors (Lipinski definition) is 4. The number of carbonyl (C=O) groups excluding carboxylic acids is 2. The third kappa shape index (κ3) is 3.35. The fourth-order valence-electron chi connectivity index (χ4n) is 4.34. The van der Waals surface area contributed by atoms with E-state index in [2.05, 4.69) is 4.98 Å². The monoisotopic (exact) mass is 405 g/mol. The van der Waals surface area contributed by atoms with Crippen molar-refractivity contribution in [3.63, 3.8) is 0 Å². The van der Waals surface area contributed by atoms with Gasteiger partial charge in [0.1, 0.15) is 5.69 Å². The number of benzene rings is 1. The first kappa shape index (κ1) is 19.4. The lowest BCUT2D eigenvalue weighted by molar-refractivity contribution is -0.141. The van der Waals surface area contributed by atoms with Crippen LogP contribution in [0.3, 0.4) is 0 Å². The molecule has 1 unspecified atom stereocenters. The van der Waals surface area contributed by atoms with Crippen molar-refractivity contribution in [2.75, 3.05) is 6.54 Å². The van der Waals surface area contributed by atoms with E-state index in [0.717, 1.165) is 17.2 Å². The molecule has 2 N–H and O–H groups in total. The Morgan fingerprint density at radius 1 is 1.21 bits per heavy atom. The minimum absolute atomic E-state index is 0.00479. The number of nitrogens with zero attached hydrogens (tertiary/aromatic N) is 2. The van der Waals surface area contributed by atoms with Gasteiger partial charge in [-0.2, -0.15) is 13.2 Å². The zero-order valence-corrected chi connectivity index (χ0v) is 15.3. The van der Waals surface area contributed by atoms with Crippen molar-refractivity contribution in [3.8, 4) is 0 Å². The Balaban J connectivity index is 1.55. The Hall–Kier alpha value is -2.94. The van der Waals surface area contributed by atoms with Crippen molar-refractivity contribution < 1.29 is 28.0 Å². The standard InChI is InChI=1S/C20H18F3N3O3/c21-20(22,23)16-6-2-4-13(24-16)11-26-8-7-19(18(26)28)9-12-3-1-5-14(15(12)10-19)17(27)25-29/h1-6,29H,7-11H2,(H,25,27). The average molecular weight is 405 g/mol. The van der Waals surface area contributed by atoms with Crippen LogP contribution in [0.15, 0.2) is 36.4 Å². The summed E-state index contributed by atoms with van der Waals surface area (Å²) in [7, 11) is 0. The van der Waals surface area contributed by atoms with Crippen LogP contribution in [0, 0.1) is 5.41 Å². The summed E-state index contributed by atoms with van der Waals surface area (Å²) < 4.78 is 38.7. The minimum Gasteiger partial charge on any atom is -0.336 e. The number of alkyl halides is 3. The van der Waals surface area contributed by atoms with Gasteiger partial charge < -0.3 is 4.90 Å². The molecule has 4 rings (SSSR count). The molecular formula is C20H18F3N3O3. The Morgan fingerprint density at radius 3 is 2.69 bits per heavy atom. The van der Waals surface area contributed by atoms with Crippen molar-refractivity contribution in [1.29, 1.82) is 0 Å². The minimum atomic E-state index is -4.54. The van der Waals surface area contributed by atoms with Gasteiger partial charge in [0.15, 0.2) is 0 Å². The summed E-state index contributed by atoms with van der Waals surface area (Å²) in [4.78, 5) is 30.3. The number of nitrogens with one attached hydrogen (secondary N) is 1. The highest BCUT2D eigenvalue weighted by molar-refractivity contribution is 5.96. The number of rotatable bonds is 3. The Morgan fingerprint density at radius 2 is 1.97 bits per heavy atom. The van der Waals surface area contributed by atoms with Crippen LogP contribution in [-0.2, 0) is 30.4 Å². The highest BCUT2D eigenvalue weighted by atomic mass is 19.4. The van der Waals surface area contributed by atoms with Gasteiger partial charge in [0.2, 0.25) is 5.91 Å². The second-order valence-electron chi connectivity index (χ2n) is 7.51. The number of fused-ring (bicyclic) bond motifs is 1. The number of pyridine rings is 1. The molecule has 2 aromatic rings. The highest BCUT2D eigenvalue weighted by Crippen LogP contribution is 2.46. The third-order valence-corrected chi connectivity index (χ3v) is 5.71. The van der Waals surface area contributed by atoms with Crippen LogP contribution < -0.4 is 5.48 Å². The van der Waals surface area contributed by atoms with Crippen molar-refractivity contribution in [2.24, 2.45) is 5.41 Å². The Kier molecular flexibility index (Phi) is 4.57. The molecule has 1 aliphatic carbocycles. The van der Waals surface area contributed by atoms with Gasteiger partial charge in [0.25, 0.3) is 5.91 Å². The van der Waals surface area contributed by atoms with E-state index in [-0.39, 0.29) is 18.1 Å². The van der Waals surface area contributed by atoms with Gasteiger partial charge in [-0.3, -0.25) is 14.8 Å². The largest absolute Gasteiger partial charge is 0.433 e. The molecule has 1 fully saturated rings. The molecular weight excluding hydrogens is 387 g/mol. The maximum absolute atomic E-state index is 13.2. The quantitative estimate of drug-likeness (QED) is 0.608. The summed E-state index contributed by atoms with van der Waals surface area (Å²) in [5.74, 6) is -0.780. The molecule has 0 bridgehead atoms. The zero-order chi connectivity index (χ0) is 20.8. The lowest BCUT2D eigenvalue weighted by Gasteiger charge is -2.22. The fraction of sp³-hybridized carbons (Fsp3) is 0.350. The summed E-state index contributed by atoms with van der Waals surface area (Å²) in [6.07, 6.45) is -3.18. The van der Waals surface area contributed by atoms with Crippen LogP contribution in [-0.4, -0.2) is 33.5 Å². The smallest absolute Gasteiger partial charge is 0.336 e. The number of hydroxylamine groups is 1. The number of aromatic nitrogens is 1. The fourth-order valence-corrected chi connectivity index (χ4v) is 4.34. The second-order valence-corrected chi connectivity index (χ2v) is 7.51. The van der Waals surface area contributed by atoms with Crippen LogP contribution in [0.4, 0.5) is 13.2 Å². The van der Waals surface area contributed by atoms with Crippen molar-refractivity contribution in [1.82, 2.24) is 15.4 Å². The molecule has 9 heteroatoms. The molecule has 1 aromatic heterocycles. The molecule has 2 aliphatic rings. The van der Waals surface area contributed by atoms with E-state index in [1.165, 1.54) is 17.0 Å². The van der Waals surface area contributed by atoms with E-state index in [1.807, 2.05) is 6.07 Å². The molecule has 2 amide bonds. The first-order valence-corrected chi connectivity index (χ1v) is 9.11. The van der Waals surface area contributed by atoms with E-state index in [4.69, 9.17) is 5.21 Å². The van der Waals surface area contributed by atoms with E-state index in [9.17, 15) is 22.8 Å². The summed E-state index contributed by atoms with van der Waals surface area (Å²) in [5, 5.41) is 8.95. The number of hydrogen-bond donors (Lipinski definition) is 2. The molecule has 0 radical (unpaired) electrons. The lowest BCUT2D eigenvalue weighted by atomic mass is 9.83. The first-order chi connectivity index (χ1) is 13.7. The Bertz CT molecular complexity index is 992. The zero-order valence-electron chi connectivity index (χ0n) is 15.3. The maximum atomic E-state index is 13.2. The third-order valence-electron chi connectivity index (χ3n) is 5.71. The molecule has 2 heterocycles. The molecule has 1 aromatic carbocycles. The second kappa shape index (κ2) is 6.84. The van der Waals surface area contributed by atoms with Crippen LogP contribution >= 0.6 is 0 Å². The summed E-state index contributed by atoms with van der Waals surface area (Å²) in [5.41, 5.74) is 2.04. The summed E-state index contributed by atoms with van der Waals surface area (Å²) in [6, 6.07) is 8.80. The average Bonchev–Trinajstić information content (AvgIpc) is 3.22. The van der Waals surface area contributed by atoms with Crippen LogP contribution in [0.25, 0.3) is 0 Å². The van der Waals surface area contributed by atoms with E-state index in [1.54, 1.807) is 17.6 Å². The molecule has 152 valence electrons. The van der Waals surface area contributed by atoms with Gasteiger partial charge >= 0.3 is 6.18 Å².